The third-order valence-corrected chi connectivity index (χ3v) is 3.34. The van der Waals surface area contributed by atoms with Gasteiger partial charge in [-0.1, -0.05) is 30.3 Å². The van der Waals surface area contributed by atoms with E-state index in [0.29, 0.717) is 0 Å². The number of carbonyl (C=O) groups excluding carboxylic acids is 1. The monoisotopic (exact) mass is 285 g/mol. The van der Waals surface area contributed by atoms with E-state index in [1.54, 1.807) is 24.3 Å². The fraction of sp³-hybridized carbons (Fsp3) is 0.500. The molecule has 1 aromatic carbocycles. The SMILES string of the molecule is O=C(OCc1ccccc1)N1CC(F)(F)CCC1CO. The summed E-state index contributed by atoms with van der Waals surface area (Å²) in [4.78, 5) is 12.8. The van der Waals surface area contributed by atoms with Gasteiger partial charge in [-0.05, 0) is 12.0 Å². The Morgan fingerprint density at radius 3 is 2.75 bits per heavy atom. The molecule has 1 saturated heterocycles. The van der Waals surface area contributed by atoms with Crippen molar-refractivity contribution in [2.24, 2.45) is 0 Å². The van der Waals surface area contributed by atoms with Crippen LogP contribution in [0.1, 0.15) is 18.4 Å². The Bertz CT molecular complexity index is 453. The van der Waals surface area contributed by atoms with Crippen LogP contribution in [0, 0.1) is 0 Å². The van der Waals surface area contributed by atoms with Crippen LogP contribution < -0.4 is 0 Å². The van der Waals surface area contributed by atoms with Gasteiger partial charge in [0.2, 0.25) is 0 Å². The number of benzene rings is 1. The summed E-state index contributed by atoms with van der Waals surface area (Å²) < 4.78 is 31.7. The first-order valence-corrected chi connectivity index (χ1v) is 6.48. The van der Waals surface area contributed by atoms with Crippen molar-refractivity contribution in [2.75, 3.05) is 13.2 Å². The maximum Gasteiger partial charge on any atom is 0.410 e. The van der Waals surface area contributed by atoms with Gasteiger partial charge in [0, 0.05) is 6.42 Å². The van der Waals surface area contributed by atoms with Crippen molar-refractivity contribution in [2.45, 2.75) is 31.4 Å². The zero-order valence-corrected chi connectivity index (χ0v) is 11.0. The van der Waals surface area contributed by atoms with Crippen LogP contribution in [0.2, 0.25) is 0 Å². The molecule has 1 unspecified atom stereocenters. The number of hydrogen-bond acceptors (Lipinski definition) is 3. The summed E-state index contributed by atoms with van der Waals surface area (Å²) in [5.74, 6) is -2.92. The Balaban J connectivity index is 1.95. The Morgan fingerprint density at radius 1 is 1.40 bits per heavy atom. The first kappa shape index (κ1) is 14.7. The standard InChI is InChI=1S/C14H17F2NO3/c15-14(16)7-6-12(8-18)17(10-14)13(19)20-9-11-4-2-1-3-5-11/h1-5,12,18H,6-10H2. The fourth-order valence-electron chi connectivity index (χ4n) is 2.20. The van der Waals surface area contributed by atoms with E-state index in [1.807, 2.05) is 6.07 Å². The lowest BCUT2D eigenvalue weighted by atomic mass is 10.0. The molecule has 1 amide bonds. The molecule has 1 aliphatic rings. The largest absolute Gasteiger partial charge is 0.445 e. The van der Waals surface area contributed by atoms with Gasteiger partial charge < -0.3 is 9.84 Å². The van der Waals surface area contributed by atoms with Gasteiger partial charge in [0.15, 0.2) is 0 Å². The van der Waals surface area contributed by atoms with Gasteiger partial charge in [-0.15, -0.1) is 0 Å². The first-order valence-electron chi connectivity index (χ1n) is 6.48. The molecule has 0 radical (unpaired) electrons. The Morgan fingerprint density at radius 2 is 2.10 bits per heavy atom. The molecule has 2 rings (SSSR count). The molecule has 110 valence electrons. The molecule has 6 heteroatoms. The molecule has 0 spiro atoms. The maximum absolute atomic E-state index is 13.4. The number of halogens is 2. The average molecular weight is 285 g/mol. The van der Waals surface area contributed by atoms with Crippen molar-refractivity contribution < 1.29 is 23.4 Å². The van der Waals surface area contributed by atoms with Crippen molar-refractivity contribution in [3.05, 3.63) is 35.9 Å². The molecule has 20 heavy (non-hydrogen) atoms. The average Bonchev–Trinajstić information content (AvgIpc) is 2.45. The Hall–Kier alpha value is -1.69. The molecule has 0 saturated carbocycles. The molecule has 1 atom stereocenters. The predicted octanol–water partition coefficient (Wildman–Crippen LogP) is 2.42. The zero-order chi connectivity index (χ0) is 14.6. The third kappa shape index (κ3) is 3.66. The second kappa shape index (κ2) is 6.17. The topological polar surface area (TPSA) is 49.8 Å². The quantitative estimate of drug-likeness (QED) is 0.928. The lowest BCUT2D eigenvalue weighted by Gasteiger charge is -2.37. The number of rotatable bonds is 3. The van der Waals surface area contributed by atoms with E-state index in [4.69, 9.17) is 4.74 Å². The van der Waals surface area contributed by atoms with Gasteiger partial charge >= 0.3 is 6.09 Å². The summed E-state index contributed by atoms with van der Waals surface area (Å²) >= 11 is 0. The van der Waals surface area contributed by atoms with E-state index in [2.05, 4.69) is 0 Å². The molecule has 4 nitrogen and oxygen atoms in total. The van der Waals surface area contributed by atoms with Crippen molar-refractivity contribution in [1.29, 1.82) is 0 Å². The van der Waals surface area contributed by atoms with Crippen molar-refractivity contribution in [1.82, 2.24) is 4.90 Å². The summed E-state index contributed by atoms with van der Waals surface area (Å²) in [6.07, 6.45) is -1.06. The highest BCUT2D eigenvalue weighted by Gasteiger charge is 2.42. The summed E-state index contributed by atoms with van der Waals surface area (Å²) in [7, 11) is 0. The molecule has 1 aliphatic heterocycles. The van der Waals surface area contributed by atoms with Crippen molar-refractivity contribution in [3.8, 4) is 0 Å². The van der Waals surface area contributed by atoms with E-state index in [9.17, 15) is 18.7 Å². The lowest BCUT2D eigenvalue weighted by molar-refractivity contribution is -0.0845. The van der Waals surface area contributed by atoms with Crippen LogP contribution in [-0.2, 0) is 11.3 Å². The molecule has 1 aromatic rings. The third-order valence-electron chi connectivity index (χ3n) is 3.34. The fourth-order valence-corrected chi connectivity index (χ4v) is 2.20. The number of aliphatic hydroxyl groups excluding tert-OH is 1. The minimum Gasteiger partial charge on any atom is -0.445 e. The Kier molecular flexibility index (Phi) is 4.54. The number of piperidine rings is 1. The van der Waals surface area contributed by atoms with E-state index >= 15 is 0 Å². The molecule has 0 aliphatic carbocycles. The van der Waals surface area contributed by atoms with E-state index in [0.717, 1.165) is 10.5 Å². The van der Waals surface area contributed by atoms with Gasteiger partial charge in [-0.25, -0.2) is 13.6 Å². The van der Waals surface area contributed by atoms with Gasteiger partial charge in [0.1, 0.15) is 6.61 Å². The van der Waals surface area contributed by atoms with E-state index in [1.165, 1.54) is 0 Å². The van der Waals surface area contributed by atoms with Crippen LogP contribution in [0.4, 0.5) is 13.6 Å². The lowest BCUT2D eigenvalue weighted by Crippen LogP contribution is -2.52. The number of carbonyl (C=O) groups is 1. The van der Waals surface area contributed by atoms with Crippen LogP contribution in [-0.4, -0.2) is 41.2 Å². The summed E-state index contributed by atoms with van der Waals surface area (Å²) in [6, 6.07) is 8.39. The van der Waals surface area contributed by atoms with Crippen LogP contribution in [0.15, 0.2) is 30.3 Å². The highest BCUT2D eigenvalue weighted by atomic mass is 19.3. The molecular weight excluding hydrogens is 268 g/mol. The molecule has 0 bridgehead atoms. The molecule has 1 fully saturated rings. The normalized spacial score (nSPS) is 21.6. The smallest absolute Gasteiger partial charge is 0.410 e. The highest BCUT2D eigenvalue weighted by molar-refractivity contribution is 5.68. The molecular formula is C14H17F2NO3. The minimum absolute atomic E-state index is 0.0277. The maximum atomic E-state index is 13.4. The molecule has 1 N–H and O–H groups in total. The predicted molar refractivity (Wildman–Crippen MR) is 68.4 cm³/mol. The van der Waals surface area contributed by atoms with E-state index in [-0.39, 0.29) is 26.1 Å². The number of ether oxygens (including phenoxy) is 1. The second-order valence-corrected chi connectivity index (χ2v) is 4.90. The number of nitrogens with zero attached hydrogens (tertiary/aromatic N) is 1. The highest BCUT2D eigenvalue weighted by Crippen LogP contribution is 2.30. The summed E-state index contributed by atoms with van der Waals surface area (Å²) in [5, 5.41) is 9.17. The molecule has 1 heterocycles. The van der Waals surface area contributed by atoms with Crippen LogP contribution >= 0.6 is 0 Å². The van der Waals surface area contributed by atoms with E-state index < -0.39 is 24.6 Å². The number of alkyl halides is 2. The van der Waals surface area contributed by atoms with Crippen molar-refractivity contribution in [3.63, 3.8) is 0 Å². The Labute approximate surface area is 116 Å². The van der Waals surface area contributed by atoms with Crippen LogP contribution in [0.5, 0.6) is 0 Å². The van der Waals surface area contributed by atoms with Crippen LogP contribution in [0.25, 0.3) is 0 Å². The summed E-state index contributed by atoms with van der Waals surface area (Å²) in [6.45, 7) is -1.01. The van der Waals surface area contributed by atoms with Crippen LogP contribution in [0.3, 0.4) is 0 Å². The van der Waals surface area contributed by atoms with Gasteiger partial charge in [0.25, 0.3) is 5.92 Å². The van der Waals surface area contributed by atoms with Gasteiger partial charge in [-0.3, -0.25) is 4.90 Å². The van der Waals surface area contributed by atoms with Gasteiger partial charge in [0.05, 0.1) is 19.2 Å². The first-order chi connectivity index (χ1) is 9.52. The van der Waals surface area contributed by atoms with Gasteiger partial charge in [-0.2, -0.15) is 0 Å². The zero-order valence-electron chi connectivity index (χ0n) is 11.0. The summed E-state index contributed by atoms with van der Waals surface area (Å²) in [5.41, 5.74) is 0.783. The van der Waals surface area contributed by atoms with Crippen molar-refractivity contribution >= 4 is 6.09 Å². The minimum atomic E-state index is -2.92. The molecule has 0 aromatic heterocycles. The number of hydrogen-bond donors (Lipinski definition) is 1. The second-order valence-electron chi connectivity index (χ2n) is 4.90. The number of likely N-dealkylation sites (tertiary alicyclic amines) is 1. The number of aliphatic hydroxyl groups is 1. The number of amides is 1.